The quantitative estimate of drug-likeness (QED) is 0.837. The van der Waals surface area contributed by atoms with Gasteiger partial charge < -0.3 is 10.6 Å². The predicted molar refractivity (Wildman–Crippen MR) is 105 cm³/mol. The summed E-state index contributed by atoms with van der Waals surface area (Å²) in [6.07, 6.45) is 3.56. The molecule has 1 aliphatic rings. The zero-order chi connectivity index (χ0) is 17.9. The van der Waals surface area contributed by atoms with Crippen LogP contribution in [0.15, 0.2) is 30.3 Å². The molecule has 0 spiro atoms. The van der Waals surface area contributed by atoms with Crippen LogP contribution in [0.25, 0.3) is 11.4 Å². The van der Waals surface area contributed by atoms with Crippen molar-refractivity contribution in [1.82, 2.24) is 20.1 Å². The van der Waals surface area contributed by atoms with Crippen molar-refractivity contribution in [2.45, 2.75) is 51.0 Å². The number of aromatic amines is 1. The molecule has 142 valence electrons. The lowest BCUT2D eigenvalue weighted by atomic mass is 9.92. The molecule has 3 rings (SSSR count). The first-order valence-corrected chi connectivity index (χ1v) is 9.07. The van der Waals surface area contributed by atoms with Gasteiger partial charge in [0.2, 0.25) is 5.91 Å². The van der Waals surface area contributed by atoms with E-state index in [-0.39, 0.29) is 24.2 Å². The van der Waals surface area contributed by atoms with Crippen LogP contribution in [0.4, 0.5) is 0 Å². The second-order valence-electron chi connectivity index (χ2n) is 7.17. The highest BCUT2D eigenvalue weighted by Crippen LogP contribution is 2.27. The lowest BCUT2D eigenvalue weighted by Gasteiger charge is -2.36. The van der Waals surface area contributed by atoms with Gasteiger partial charge in [0, 0.05) is 24.6 Å². The average Bonchev–Trinajstić information content (AvgIpc) is 3.12. The maximum atomic E-state index is 12.8. The molecule has 0 radical (unpaired) electrons. The molecule has 26 heavy (non-hydrogen) atoms. The van der Waals surface area contributed by atoms with Crippen LogP contribution in [0.5, 0.6) is 0 Å². The van der Waals surface area contributed by atoms with E-state index >= 15 is 0 Å². The second-order valence-corrected chi connectivity index (χ2v) is 7.17. The summed E-state index contributed by atoms with van der Waals surface area (Å²) < 4.78 is 0. The molecule has 0 aliphatic carbocycles. The fraction of sp³-hybridized carbons (Fsp3) is 0.526. The Labute approximate surface area is 161 Å². The maximum Gasteiger partial charge on any atom is 0.242 e. The number of nitrogens with two attached hydrogens (primary N) is 1. The number of benzene rings is 1. The van der Waals surface area contributed by atoms with E-state index in [2.05, 4.69) is 22.1 Å². The van der Waals surface area contributed by atoms with Crippen molar-refractivity contribution in [2.75, 3.05) is 13.1 Å². The molecule has 6 nitrogen and oxygen atoms in total. The van der Waals surface area contributed by atoms with Crippen molar-refractivity contribution in [3.8, 4) is 11.4 Å². The number of hydrogen-bond donors (Lipinski definition) is 2. The Hall–Kier alpha value is -1.92. The summed E-state index contributed by atoms with van der Waals surface area (Å²) in [5.74, 6) is 1.78. The minimum absolute atomic E-state index is 0. The van der Waals surface area contributed by atoms with Crippen LogP contribution in [0.1, 0.15) is 51.3 Å². The molecular weight excluding hydrogens is 350 g/mol. The Morgan fingerprint density at radius 3 is 2.81 bits per heavy atom. The fourth-order valence-electron chi connectivity index (χ4n) is 3.55. The van der Waals surface area contributed by atoms with E-state index in [1.54, 1.807) is 0 Å². The standard InChI is InChI=1S/C19H27N5O.ClH/c1-3-11-19(2,20)18(25)24-12-7-10-15(13-24)17-21-16(22-23-17)14-8-5-4-6-9-14;/h4-6,8-9,15H,3,7,10-13,20H2,1-2H3,(H,21,22,23);1H. The highest BCUT2D eigenvalue weighted by Gasteiger charge is 2.35. The zero-order valence-corrected chi connectivity index (χ0v) is 16.3. The topological polar surface area (TPSA) is 87.9 Å². The van der Waals surface area contributed by atoms with Gasteiger partial charge in [0.05, 0.1) is 5.54 Å². The van der Waals surface area contributed by atoms with Crippen molar-refractivity contribution in [3.05, 3.63) is 36.2 Å². The number of hydrogen-bond acceptors (Lipinski definition) is 4. The van der Waals surface area contributed by atoms with E-state index in [1.165, 1.54) is 0 Å². The van der Waals surface area contributed by atoms with Crippen LogP contribution in [0.3, 0.4) is 0 Å². The molecule has 2 atom stereocenters. The number of nitrogens with one attached hydrogen (secondary N) is 1. The summed E-state index contributed by atoms with van der Waals surface area (Å²) in [7, 11) is 0. The van der Waals surface area contributed by atoms with Gasteiger partial charge in [-0.25, -0.2) is 4.98 Å². The first-order valence-electron chi connectivity index (χ1n) is 9.07. The van der Waals surface area contributed by atoms with E-state index in [0.29, 0.717) is 18.8 Å². The number of halogens is 1. The number of piperidine rings is 1. The third-order valence-corrected chi connectivity index (χ3v) is 4.89. The molecule has 7 heteroatoms. The van der Waals surface area contributed by atoms with Gasteiger partial charge in [-0.1, -0.05) is 43.7 Å². The molecule has 1 aliphatic heterocycles. The van der Waals surface area contributed by atoms with Gasteiger partial charge in [0.1, 0.15) is 5.82 Å². The molecule has 2 unspecified atom stereocenters. The third-order valence-electron chi connectivity index (χ3n) is 4.89. The van der Waals surface area contributed by atoms with Gasteiger partial charge in [-0.05, 0) is 26.2 Å². The number of carbonyl (C=O) groups is 1. The number of nitrogens with zero attached hydrogens (tertiary/aromatic N) is 3. The Balaban J connectivity index is 0.00000243. The van der Waals surface area contributed by atoms with Gasteiger partial charge in [0.25, 0.3) is 0 Å². The Bertz CT molecular complexity index is 716. The van der Waals surface area contributed by atoms with Crippen LogP contribution < -0.4 is 5.73 Å². The van der Waals surface area contributed by atoms with Crippen molar-refractivity contribution >= 4 is 18.3 Å². The summed E-state index contributed by atoms with van der Waals surface area (Å²) >= 11 is 0. The number of amides is 1. The van der Waals surface area contributed by atoms with E-state index in [9.17, 15) is 4.79 Å². The molecule has 1 aromatic heterocycles. The lowest BCUT2D eigenvalue weighted by molar-refractivity contribution is -0.138. The second kappa shape index (κ2) is 8.64. The van der Waals surface area contributed by atoms with Gasteiger partial charge >= 0.3 is 0 Å². The first kappa shape index (κ1) is 20.4. The first-order chi connectivity index (χ1) is 12.0. The third kappa shape index (κ3) is 4.43. The Kier molecular flexibility index (Phi) is 6.78. The highest BCUT2D eigenvalue weighted by molar-refractivity contribution is 5.86. The summed E-state index contributed by atoms with van der Waals surface area (Å²) in [5, 5.41) is 7.41. The molecule has 0 bridgehead atoms. The van der Waals surface area contributed by atoms with E-state index in [4.69, 9.17) is 5.73 Å². The van der Waals surface area contributed by atoms with E-state index in [0.717, 1.165) is 37.2 Å². The van der Waals surface area contributed by atoms with Gasteiger partial charge in [-0.2, -0.15) is 5.10 Å². The predicted octanol–water partition coefficient (Wildman–Crippen LogP) is 3.12. The number of H-pyrrole nitrogens is 1. The van der Waals surface area contributed by atoms with Crippen molar-refractivity contribution in [1.29, 1.82) is 0 Å². The molecular formula is C19H28ClN5O. The van der Waals surface area contributed by atoms with Gasteiger partial charge in [-0.15, -0.1) is 12.4 Å². The molecule has 2 heterocycles. The number of aromatic nitrogens is 3. The van der Waals surface area contributed by atoms with E-state index in [1.807, 2.05) is 42.2 Å². The van der Waals surface area contributed by atoms with Gasteiger partial charge in [0.15, 0.2) is 5.82 Å². The molecule has 1 amide bonds. The fourth-order valence-corrected chi connectivity index (χ4v) is 3.55. The number of carbonyl (C=O) groups excluding carboxylic acids is 1. The zero-order valence-electron chi connectivity index (χ0n) is 15.4. The average molecular weight is 378 g/mol. The normalized spacial score (nSPS) is 19.5. The highest BCUT2D eigenvalue weighted by atomic mass is 35.5. The SMILES string of the molecule is CCCC(C)(N)C(=O)N1CCCC(c2nc(-c3ccccc3)n[nH]2)C1.Cl. The largest absolute Gasteiger partial charge is 0.340 e. The monoisotopic (exact) mass is 377 g/mol. The smallest absolute Gasteiger partial charge is 0.242 e. The molecule has 1 fully saturated rings. The van der Waals surface area contributed by atoms with Crippen LogP contribution in [-0.4, -0.2) is 44.6 Å². The maximum absolute atomic E-state index is 12.8. The van der Waals surface area contributed by atoms with E-state index < -0.39 is 5.54 Å². The minimum atomic E-state index is -0.784. The molecule has 1 aromatic carbocycles. The van der Waals surface area contributed by atoms with Crippen LogP contribution in [0, 0.1) is 0 Å². The number of rotatable bonds is 5. The van der Waals surface area contributed by atoms with Crippen LogP contribution in [-0.2, 0) is 4.79 Å². The molecule has 2 aromatic rings. The molecule has 3 N–H and O–H groups in total. The molecule has 0 saturated carbocycles. The Morgan fingerprint density at radius 1 is 1.38 bits per heavy atom. The number of likely N-dealkylation sites (tertiary alicyclic amines) is 1. The summed E-state index contributed by atoms with van der Waals surface area (Å²) in [6.45, 7) is 5.31. The minimum Gasteiger partial charge on any atom is -0.340 e. The summed E-state index contributed by atoms with van der Waals surface area (Å²) in [4.78, 5) is 19.3. The summed E-state index contributed by atoms with van der Waals surface area (Å²) in [5.41, 5.74) is 6.45. The lowest BCUT2D eigenvalue weighted by Crippen LogP contribution is -2.55. The molecule has 1 saturated heterocycles. The summed E-state index contributed by atoms with van der Waals surface area (Å²) in [6, 6.07) is 9.91. The van der Waals surface area contributed by atoms with Gasteiger partial charge in [-0.3, -0.25) is 9.89 Å². The Morgan fingerprint density at radius 2 is 2.12 bits per heavy atom. The van der Waals surface area contributed by atoms with Crippen molar-refractivity contribution in [2.24, 2.45) is 5.73 Å². The van der Waals surface area contributed by atoms with Crippen LogP contribution in [0.2, 0.25) is 0 Å². The van der Waals surface area contributed by atoms with Crippen molar-refractivity contribution < 1.29 is 4.79 Å². The van der Waals surface area contributed by atoms with Crippen molar-refractivity contribution in [3.63, 3.8) is 0 Å². The van der Waals surface area contributed by atoms with Crippen LogP contribution >= 0.6 is 12.4 Å².